The van der Waals surface area contributed by atoms with Gasteiger partial charge in [0.15, 0.2) is 0 Å². The van der Waals surface area contributed by atoms with Gasteiger partial charge in [-0.1, -0.05) is 20.3 Å². The van der Waals surface area contributed by atoms with Crippen molar-refractivity contribution in [3.63, 3.8) is 0 Å². The highest BCUT2D eigenvalue weighted by Gasteiger charge is 2.37. The molecule has 2 saturated carbocycles. The van der Waals surface area contributed by atoms with Gasteiger partial charge in [-0.3, -0.25) is 0 Å². The summed E-state index contributed by atoms with van der Waals surface area (Å²) >= 11 is 0. The lowest BCUT2D eigenvalue weighted by Gasteiger charge is -2.27. The zero-order valence-electron chi connectivity index (χ0n) is 7.69. The first-order chi connectivity index (χ1) is 5.18. The lowest BCUT2D eigenvalue weighted by atomic mass is 9.87. The Hall–Kier alpha value is -0.0400. The van der Waals surface area contributed by atoms with Gasteiger partial charge >= 0.3 is 0 Å². The molecule has 0 aromatic rings. The predicted octanol–water partition coefficient (Wildman–Crippen LogP) is 2.32. The fourth-order valence-corrected chi connectivity index (χ4v) is 2.17. The maximum atomic E-state index is 3.74. The van der Waals surface area contributed by atoms with Crippen molar-refractivity contribution in [2.24, 2.45) is 5.41 Å². The average Bonchev–Trinajstić information content (AvgIpc) is 2.63. The molecule has 2 rings (SSSR count). The first-order valence-electron chi connectivity index (χ1n) is 4.94. The topological polar surface area (TPSA) is 12.0 Å². The van der Waals surface area contributed by atoms with E-state index in [1.54, 1.807) is 0 Å². The van der Waals surface area contributed by atoms with Gasteiger partial charge in [-0.2, -0.15) is 0 Å². The summed E-state index contributed by atoms with van der Waals surface area (Å²) in [5.74, 6) is 0. The molecule has 64 valence electrons. The molecule has 0 amide bonds. The molecule has 1 N–H and O–H groups in total. The molecule has 0 aromatic heterocycles. The summed E-state index contributed by atoms with van der Waals surface area (Å²) < 4.78 is 0. The number of nitrogens with one attached hydrogen (secondary N) is 1. The fourth-order valence-electron chi connectivity index (χ4n) is 2.17. The Morgan fingerprint density at radius 3 is 2.36 bits per heavy atom. The Labute approximate surface area is 69.6 Å². The Balaban J connectivity index is 1.90. The van der Waals surface area contributed by atoms with Crippen LogP contribution in [0.5, 0.6) is 0 Å². The normalized spacial score (nSPS) is 36.0. The molecule has 0 heterocycles. The third kappa shape index (κ3) is 1.58. The van der Waals surface area contributed by atoms with Crippen LogP contribution in [0.25, 0.3) is 0 Å². The van der Waals surface area contributed by atoms with Crippen molar-refractivity contribution in [1.82, 2.24) is 5.32 Å². The van der Waals surface area contributed by atoms with Crippen LogP contribution in [0, 0.1) is 5.41 Å². The number of hydrogen-bond acceptors (Lipinski definition) is 1. The first-order valence-corrected chi connectivity index (χ1v) is 4.94. The van der Waals surface area contributed by atoms with Crippen LogP contribution in [0.15, 0.2) is 0 Å². The highest BCUT2D eigenvalue weighted by atomic mass is 15.0. The molecule has 1 unspecified atom stereocenters. The molecular formula is C10H19N. The van der Waals surface area contributed by atoms with Gasteiger partial charge in [0.25, 0.3) is 0 Å². The maximum absolute atomic E-state index is 3.74. The van der Waals surface area contributed by atoms with Crippen LogP contribution in [0.3, 0.4) is 0 Å². The molecule has 0 radical (unpaired) electrons. The molecule has 0 saturated heterocycles. The van der Waals surface area contributed by atoms with Crippen LogP contribution in [0.2, 0.25) is 0 Å². The SMILES string of the molecule is CC1(C)CCCC1NC1CC1. The second kappa shape index (κ2) is 2.48. The summed E-state index contributed by atoms with van der Waals surface area (Å²) in [6.07, 6.45) is 7.09. The minimum Gasteiger partial charge on any atom is -0.311 e. The summed E-state index contributed by atoms with van der Waals surface area (Å²) in [5, 5.41) is 3.74. The number of rotatable bonds is 2. The van der Waals surface area contributed by atoms with Crippen LogP contribution in [-0.2, 0) is 0 Å². The van der Waals surface area contributed by atoms with Gasteiger partial charge in [-0.15, -0.1) is 0 Å². The van der Waals surface area contributed by atoms with Gasteiger partial charge < -0.3 is 5.32 Å². The summed E-state index contributed by atoms with van der Waals surface area (Å²) in [4.78, 5) is 0. The molecule has 1 heteroatoms. The third-order valence-corrected chi connectivity index (χ3v) is 3.27. The molecule has 0 aromatic carbocycles. The zero-order valence-corrected chi connectivity index (χ0v) is 7.69. The minimum absolute atomic E-state index is 0.572. The summed E-state index contributed by atoms with van der Waals surface area (Å²) in [5.41, 5.74) is 0.572. The maximum Gasteiger partial charge on any atom is 0.0121 e. The van der Waals surface area contributed by atoms with Crippen LogP contribution in [-0.4, -0.2) is 12.1 Å². The summed E-state index contributed by atoms with van der Waals surface area (Å²) in [7, 11) is 0. The van der Waals surface area contributed by atoms with E-state index in [1.165, 1.54) is 32.1 Å². The third-order valence-electron chi connectivity index (χ3n) is 3.27. The van der Waals surface area contributed by atoms with Crippen molar-refractivity contribution < 1.29 is 0 Å². The lowest BCUT2D eigenvalue weighted by Crippen LogP contribution is -2.38. The molecule has 11 heavy (non-hydrogen) atoms. The van der Waals surface area contributed by atoms with E-state index in [9.17, 15) is 0 Å². The van der Waals surface area contributed by atoms with Crippen LogP contribution < -0.4 is 5.32 Å². The Kier molecular flexibility index (Phi) is 1.71. The van der Waals surface area contributed by atoms with Crippen molar-refractivity contribution in [2.75, 3.05) is 0 Å². The van der Waals surface area contributed by atoms with Crippen molar-refractivity contribution in [3.8, 4) is 0 Å². The molecule has 2 aliphatic rings. The van der Waals surface area contributed by atoms with Gasteiger partial charge in [0, 0.05) is 12.1 Å². The van der Waals surface area contributed by atoms with E-state index in [-0.39, 0.29) is 0 Å². The molecule has 2 fully saturated rings. The van der Waals surface area contributed by atoms with E-state index in [1.807, 2.05) is 0 Å². The molecule has 0 aliphatic heterocycles. The highest BCUT2D eigenvalue weighted by Crippen LogP contribution is 2.38. The number of hydrogen-bond donors (Lipinski definition) is 1. The Morgan fingerprint density at radius 2 is 1.91 bits per heavy atom. The second-order valence-corrected chi connectivity index (χ2v) is 4.87. The van der Waals surface area contributed by atoms with Crippen LogP contribution in [0.1, 0.15) is 46.0 Å². The lowest BCUT2D eigenvalue weighted by molar-refractivity contribution is 0.282. The molecular weight excluding hydrogens is 134 g/mol. The standard InChI is InChI=1S/C10H19N/c1-10(2)7-3-4-9(10)11-8-5-6-8/h8-9,11H,3-7H2,1-2H3. The van der Waals surface area contributed by atoms with E-state index < -0.39 is 0 Å². The average molecular weight is 153 g/mol. The van der Waals surface area contributed by atoms with Crippen molar-refractivity contribution >= 4 is 0 Å². The molecule has 0 spiro atoms. The molecule has 1 nitrogen and oxygen atoms in total. The van der Waals surface area contributed by atoms with Gasteiger partial charge in [0.05, 0.1) is 0 Å². The molecule has 1 atom stereocenters. The van der Waals surface area contributed by atoms with Crippen molar-refractivity contribution in [2.45, 2.75) is 58.0 Å². The van der Waals surface area contributed by atoms with Crippen molar-refractivity contribution in [3.05, 3.63) is 0 Å². The van der Waals surface area contributed by atoms with Crippen LogP contribution >= 0.6 is 0 Å². The van der Waals surface area contributed by atoms with E-state index in [0.29, 0.717) is 5.41 Å². The Bertz CT molecular complexity index is 147. The Morgan fingerprint density at radius 1 is 1.18 bits per heavy atom. The predicted molar refractivity (Wildman–Crippen MR) is 47.6 cm³/mol. The van der Waals surface area contributed by atoms with E-state index in [2.05, 4.69) is 19.2 Å². The van der Waals surface area contributed by atoms with Gasteiger partial charge in [-0.05, 0) is 31.1 Å². The van der Waals surface area contributed by atoms with Crippen molar-refractivity contribution in [1.29, 1.82) is 0 Å². The first kappa shape index (κ1) is 7.60. The van der Waals surface area contributed by atoms with E-state index in [4.69, 9.17) is 0 Å². The zero-order chi connectivity index (χ0) is 7.90. The summed E-state index contributed by atoms with van der Waals surface area (Å²) in [6.45, 7) is 4.81. The second-order valence-electron chi connectivity index (χ2n) is 4.87. The molecule has 2 aliphatic carbocycles. The fraction of sp³-hybridized carbons (Fsp3) is 1.00. The van der Waals surface area contributed by atoms with E-state index in [0.717, 1.165) is 12.1 Å². The molecule has 0 bridgehead atoms. The van der Waals surface area contributed by atoms with Gasteiger partial charge in [-0.25, -0.2) is 0 Å². The monoisotopic (exact) mass is 153 g/mol. The quantitative estimate of drug-likeness (QED) is 0.642. The minimum atomic E-state index is 0.572. The van der Waals surface area contributed by atoms with E-state index >= 15 is 0 Å². The van der Waals surface area contributed by atoms with Gasteiger partial charge in [0.1, 0.15) is 0 Å². The van der Waals surface area contributed by atoms with Crippen LogP contribution in [0.4, 0.5) is 0 Å². The smallest absolute Gasteiger partial charge is 0.0121 e. The van der Waals surface area contributed by atoms with Gasteiger partial charge in [0.2, 0.25) is 0 Å². The highest BCUT2D eigenvalue weighted by molar-refractivity contribution is 4.95. The largest absolute Gasteiger partial charge is 0.311 e. The summed E-state index contributed by atoms with van der Waals surface area (Å²) in [6, 6.07) is 1.70.